The molecule has 0 spiro atoms. The van der Waals surface area contributed by atoms with Gasteiger partial charge in [-0.2, -0.15) is 0 Å². The maximum absolute atomic E-state index is 13.1. The summed E-state index contributed by atoms with van der Waals surface area (Å²) >= 11 is 0. The molecule has 1 saturated heterocycles. The van der Waals surface area contributed by atoms with E-state index in [1.54, 1.807) is 19.1 Å². The zero-order valence-electron chi connectivity index (χ0n) is 18.3. The van der Waals surface area contributed by atoms with Gasteiger partial charge in [-0.25, -0.2) is 4.39 Å². The van der Waals surface area contributed by atoms with Crippen LogP contribution in [-0.4, -0.2) is 53.3 Å². The predicted octanol–water partition coefficient (Wildman–Crippen LogP) is 2.49. The van der Waals surface area contributed by atoms with Crippen LogP contribution in [-0.2, 0) is 27.5 Å². The Balaban J connectivity index is 1.62. The van der Waals surface area contributed by atoms with Crippen molar-refractivity contribution in [2.45, 2.75) is 39.4 Å². The molecule has 0 aromatic heterocycles. The summed E-state index contributed by atoms with van der Waals surface area (Å²) in [5.74, 6) is -1.33. The number of ether oxygens (including phenoxy) is 1. The molecule has 1 atom stereocenters. The fourth-order valence-electron chi connectivity index (χ4n) is 3.74. The summed E-state index contributed by atoms with van der Waals surface area (Å²) in [6, 6.07) is 12.5. The van der Waals surface area contributed by atoms with Crippen LogP contribution in [0.4, 0.5) is 4.39 Å². The minimum atomic E-state index is -0.737. The van der Waals surface area contributed by atoms with Crippen LogP contribution >= 0.6 is 0 Å². The Morgan fingerprint density at radius 3 is 2.47 bits per heavy atom. The van der Waals surface area contributed by atoms with Crippen LogP contribution in [0.1, 0.15) is 31.4 Å². The Hall–Kier alpha value is -3.42. The average molecular weight is 442 g/mol. The average Bonchev–Trinajstić information content (AvgIpc) is 2.80. The number of hydrogen-bond donors (Lipinski definition) is 1. The lowest BCUT2D eigenvalue weighted by atomic mass is 10.1. The molecule has 1 heterocycles. The molecule has 3 rings (SSSR count). The van der Waals surface area contributed by atoms with E-state index in [1.807, 2.05) is 31.2 Å². The number of piperazine rings is 1. The third-order valence-corrected chi connectivity index (χ3v) is 5.42. The number of benzene rings is 2. The summed E-state index contributed by atoms with van der Waals surface area (Å²) in [6.07, 6.45) is 0.385. The number of halogens is 1. The number of carbonyl (C=O) groups is 3. The maximum Gasteiger partial charge on any atom is 0.312 e. The second-order valence-electron chi connectivity index (χ2n) is 7.53. The lowest BCUT2D eigenvalue weighted by Crippen LogP contribution is -2.59. The van der Waals surface area contributed by atoms with E-state index in [0.29, 0.717) is 25.3 Å². The highest BCUT2D eigenvalue weighted by molar-refractivity contribution is 6.35. The smallest absolute Gasteiger partial charge is 0.312 e. The van der Waals surface area contributed by atoms with Crippen molar-refractivity contribution in [3.05, 3.63) is 65.5 Å². The van der Waals surface area contributed by atoms with Crippen molar-refractivity contribution in [1.29, 1.82) is 0 Å². The number of rotatable bonds is 9. The van der Waals surface area contributed by atoms with E-state index in [1.165, 1.54) is 21.9 Å². The zero-order chi connectivity index (χ0) is 23.1. The Morgan fingerprint density at radius 1 is 1.06 bits per heavy atom. The molecule has 1 N–H and O–H groups in total. The standard InChI is InChI=1S/C24H28FN3O4/c1-3-20(22(29)26-15-18-7-5-6-8-21(18)32-4-2)28-14-13-27(23(30)24(28)31)16-17-9-11-19(25)12-10-17/h5-12,20H,3-4,13-16H2,1-2H3,(H,26,29)/t20-/m1/s1. The first kappa shape index (κ1) is 23.2. The summed E-state index contributed by atoms with van der Waals surface area (Å²) in [5.41, 5.74) is 1.57. The van der Waals surface area contributed by atoms with Gasteiger partial charge in [0.15, 0.2) is 0 Å². The van der Waals surface area contributed by atoms with Gasteiger partial charge in [-0.15, -0.1) is 0 Å². The largest absolute Gasteiger partial charge is 0.494 e. The van der Waals surface area contributed by atoms with E-state index in [0.717, 1.165) is 11.1 Å². The van der Waals surface area contributed by atoms with Gasteiger partial charge in [0.2, 0.25) is 5.91 Å². The SMILES string of the molecule is CCOc1ccccc1CNC(=O)[C@@H](CC)N1CCN(Cc2ccc(F)cc2)C(=O)C1=O. The van der Waals surface area contributed by atoms with E-state index < -0.39 is 17.9 Å². The van der Waals surface area contributed by atoms with E-state index in [2.05, 4.69) is 5.32 Å². The van der Waals surface area contributed by atoms with Crippen molar-refractivity contribution in [3.8, 4) is 5.75 Å². The van der Waals surface area contributed by atoms with Crippen molar-refractivity contribution in [2.75, 3.05) is 19.7 Å². The van der Waals surface area contributed by atoms with Crippen LogP contribution in [0, 0.1) is 5.82 Å². The van der Waals surface area contributed by atoms with Crippen LogP contribution in [0.2, 0.25) is 0 Å². The van der Waals surface area contributed by atoms with E-state index in [9.17, 15) is 18.8 Å². The summed E-state index contributed by atoms with van der Waals surface area (Å²) in [7, 11) is 0. The van der Waals surface area contributed by atoms with E-state index in [-0.39, 0.29) is 31.4 Å². The summed E-state index contributed by atoms with van der Waals surface area (Å²) in [4.78, 5) is 41.1. The molecule has 1 aliphatic rings. The van der Waals surface area contributed by atoms with Crippen molar-refractivity contribution in [3.63, 3.8) is 0 Å². The second-order valence-corrected chi connectivity index (χ2v) is 7.53. The summed E-state index contributed by atoms with van der Waals surface area (Å²) in [5, 5.41) is 2.86. The fraction of sp³-hybridized carbons (Fsp3) is 0.375. The van der Waals surface area contributed by atoms with Gasteiger partial charge in [0.25, 0.3) is 0 Å². The van der Waals surface area contributed by atoms with Gasteiger partial charge in [-0.05, 0) is 37.1 Å². The highest BCUT2D eigenvalue weighted by Gasteiger charge is 2.38. The van der Waals surface area contributed by atoms with Crippen molar-refractivity contribution in [2.24, 2.45) is 0 Å². The maximum atomic E-state index is 13.1. The first-order valence-corrected chi connectivity index (χ1v) is 10.8. The number of amides is 3. The molecule has 7 nitrogen and oxygen atoms in total. The lowest BCUT2D eigenvalue weighted by molar-refractivity contribution is -0.159. The topological polar surface area (TPSA) is 79.0 Å². The van der Waals surface area contributed by atoms with Crippen LogP contribution in [0.5, 0.6) is 5.75 Å². The monoisotopic (exact) mass is 441 g/mol. The molecule has 2 aromatic rings. The molecule has 0 radical (unpaired) electrons. The summed E-state index contributed by atoms with van der Waals surface area (Å²) in [6.45, 7) is 5.25. The van der Waals surface area contributed by atoms with Gasteiger partial charge < -0.3 is 19.9 Å². The van der Waals surface area contributed by atoms with Gasteiger partial charge >= 0.3 is 11.8 Å². The van der Waals surface area contributed by atoms with Crippen molar-refractivity contribution in [1.82, 2.24) is 15.1 Å². The molecule has 0 aliphatic carbocycles. The normalized spacial score (nSPS) is 15.0. The van der Waals surface area contributed by atoms with Crippen LogP contribution < -0.4 is 10.1 Å². The molecule has 2 aromatic carbocycles. The Kier molecular flexibility index (Phi) is 7.81. The molecule has 0 saturated carbocycles. The number of hydrogen-bond acceptors (Lipinski definition) is 4. The number of nitrogens with one attached hydrogen (secondary N) is 1. The van der Waals surface area contributed by atoms with Gasteiger partial charge in [0.1, 0.15) is 17.6 Å². The quantitative estimate of drug-likeness (QED) is 0.607. The van der Waals surface area contributed by atoms with Crippen LogP contribution in [0.15, 0.2) is 48.5 Å². The first-order valence-electron chi connectivity index (χ1n) is 10.8. The van der Waals surface area contributed by atoms with Crippen molar-refractivity contribution < 1.29 is 23.5 Å². The predicted molar refractivity (Wildman–Crippen MR) is 117 cm³/mol. The fourth-order valence-corrected chi connectivity index (χ4v) is 3.74. The molecular formula is C24H28FN3O4. The first-order chi connectivity index (χ1) is 15.4. The number of nitrogens with zero attached hydrogens (tertiary/aromatic N) is 2. The van der Waals surface area contributed by atoms with E-state index in [4.69, 9.17) is 4.74 Å². The minimum absolute atomic E-state index is 0.218. The molecule has 0 unspecified atom stereocenters. The Bertz CT molecular complexity index is 964. The third kappa shape index (κ3) is 5.43. The molecule has 32 heavy (non-hydrogen) atoms. The highest BCUT2D eigenvalue weighted by Crippen LogP contribution is 2.19. The molecule has 1 aliphatic heterocycles. The van der Waals surface area contributed by atoms with E-state index >= 15 is 0 Å². The van der Waals surface area contributed by atoms with Crippen LogP contribution in [0.3, 0.4) is 0 Å². The Labute approximate surface area is 187 Å². The third-order valence-electron chi connectivity index (χ3n) is 5.42. The van der Waals surface area contributed by atoms with Gasteiger partial charge in [0.05, 0.1) is 6.61 Å². The number of para-hydroxylation sites is 1. The van der Waals surface area contributed by atoms with Gasteiger partial charge in [0, 0.05) is 31.7 Å². The molecule has 1 fully saturated rings. The van der Waals surface area contributed by atoms with Crippen molar-refractivity contribution >= 4 is 17.7 Å². The Morgan fingerprint density at radius 2 is 1.78 bits per heavy atom. The minimum Gasteiger partial charge on any atom is -0.494 e. The second kappa shape index (κ2) is 10.7. The van der Waals surface area contributed by atoms with Crippen LogP contribution in [0.25, 0.3) is 0 Å². The molecule has 170 valence electrons. The molecular weight excluding hydrogens is 413 g/mol. The van der Waals surface area contributed by atoms with Gasteiger partial charge in [-0.1, -0.05) is 37.3 Å². The lowest BCUT2D eigenvalue weighted by Gasteiger charge is -2.37. The molecule has 3 amide bonds. The summed E-state index contributed by atoms with van der Waals surface area (Å²) < 4.78 is 18.7. The number of carbonyl (C=O) groups excluding carboxylic acids is 3. The molecule has 0 bridgehead atoms. The highest BCUT2D eigenvalue weighted by atomic mass is 19.1. The zero-order valence-corrected chi connectivity index (χ0v) is 18.3. The van der Waals surface area contributed by atoms with Gasteiger partial charge in [-0.3, -0.25) is 14.4 Å². The molecule has 8 heteroatoms.